The summed E-state index contributed by atoms with van der Waals surface area (Å²) in [4.78, 5) is 0. The number of ether oxygens (including phenoxy) is 1. The van der Waals surface area contributed by atoms with Crippen molar-refractivity contribution in [1.82, 2.24) is 0 Å². The quantitative estimate of drug-likeness (QED) is 0.216. The van der Waals surface area contributed by atoms with Gasteiger partial charge in [0.15, 0.2) is 0 Å². The van der Waals surface area contributed by atoms with Crippen molar-refractivity contribution in [1.29, 1.82) is 0 Å². The first-order valence-electron chi connectivity index (χ1n) is 12.5. The Morgan fingerprint density at radius 2 is 1.38 bits per heavy atom. The lowest BCUT2D eigenvalue weighted by molar-refractivity contribution is 0.0599. The van der Waals surface area contributed by atoms with Crippen molar-refractivity contribution in [2.24, 2.45) is 0 Å². The Morgan fingerprint density at radius 1 is 0.844 bits per heavy atom. The molecule has 180 valence electrons. The van der Waals surface area contributed by atoms with Crippen molar-refractivity contribution < 1.29 is 9.84 Å². The summed E-state index contributed by atoms with van der Waals surface area (Å²) < 4.78 is 5.81. The van der Waals surface area contributed by atoms with Gasteiger partial charge in [0.25, 0.3) is 0 Å². The van der Waals surface area contributed by atoms with Gasteiger partial charge in [-0.05, 0) is 110 Å². The summed E-state index contributed by atoms with van der Waals surface area (Å²) >= 11 is 0. The molecule has 0 bridgehead atoms. The molecule has 1 N–H and O–H groups in total. The highest BCUT2D eigenvalue weighted by Gasteiger charge is 2.18. The molecule has 0 spiro atoms. The lowest BCUT2D eigenvalue weighted by atomic mass is 9.98. The van der Waals surface area contributed by atoms with E-state index in [9.17, 15) is 0 Å². The molecule has 0 saturated carbocycles. The molecule has 0 aliphatic carbocycles. The summed E-state index contributed by atoms with van der Waals surface area (Å²) in [5, 5.41) is 9.16. The Labute approximate surface area is 198 Å². The molecule has 0 aromatic rings. The molecule has 2 nitrogen and oxygen atoms in total. The molecule has 1 heterocycles. The van der Waals surface area contributed by atoms with Crippen molar-refractivity contribution in [3.63, 3.8) is 0 Å². The number of allylic oxidation sites excluding steroid dienone is 9. The Hall–Kier alpha value is -1.64. The topological polar surface area (TPSA) is 29.5 Å². The minimum absolute atomic E-state index is 0.0238. The molecule has 1 saturated heterocycles. The normalized spacial score (nSPS) is 19.4. The van der Waals surface area contributed by atoms with Gasteiger partial charge >= 0.3 is 0 Å². The van der Waals surface area contributed by atoms with Crippen LogP contribution in [-0.4, -0.2) is 24.4 Å². The van der Waals surface area contributed by atoms with E-state index < -0.39 is 0 Å². The Morgan fingerprint density at radius 3 is 1.88 bits per heavy atom. The number of unbranched alkanes of at least 4 members (excludes halogenated alkanes) is 1. The van der Waals surface area contributed by atoms with E-state index >= 15 is 0 Å². The van der Waals surface area contributed by atoms with Crippen molar-refractivity contribution in [2.45, 2.75) is 105 Å². The summed E-state index contributed by atoms with van der Waals surface area (Å²) in [6.07, 6.45) is 23.1. The lowest BCUT2D eigenvalue weighted by Gasteiger charge is -2.25. The number of hydrogen-bond donors (Lipinski definition) is 1. The Balaban J connectivity index is 2.21. The molecule has 1 rings (SSSR count). The molecule has 1 atom stereocenters. The van der Waals surface area contributed by atoms with Crippen LogP contribution in [0.4, 0.5) is 0 Å². The third-order valence-corrected chi connectivity index (χ3v) is 6.10. The van der Waals surface area contributed by atoms with Gasteiger partial charge in [-0.2, -0.15) is 0 Å². The predicted molar refractivity (Wildman–Crippen MR) is 141 cm³/mol. The van der Waals surface area contributed by atoms with E-state index in [4.69, 9.17) is 9.84 Å². The van der Waals surface area contributed by atoms with E-state index in [1.54, 1.807) is 0 Å². The van der Waals surface area contributed by atoms with Crippen LogP contribution in [0, 0.1) is 0 Å². The largest absolute Gasteiger partial charge is 0.392 e. The van der Waals surface area contributed by atoms with Crippen molar-refractivity contribution in [3.8, 4) is 0 Å². The van der Waals surface area contributed by atoms with Crippen LogP contribution in [-0.2, 0) is 4.74 Å². The van der Waals surface area contributed by atoms with Gasteiger partial charge in [-0.1, -0.05) is 59.3 Å². The average molecular weight is 441 g/mol. The van der Waals surface area contributed by atoms with E-state index in [1.165, 1.54) is 40.7 Å². The second kappa shape index (κ2) is 16.9. The molecule has 2 heteroatoms. The SMILES string of the molecule is C=C(CO)C1CC/C(=C/CC/C(C)=C/CC/C=C(\C)CC/C=C(\C)CCC=C(C)C)CO1. The molecule has 0 radical (unpaired) electrons. The summed E-state index contributed by atoms with van der Waals surface area (Å²) in [6, 6.07) is 0. The molecular formula is C30H48O2. The van der Waals surface area contributed by atoms with Crippen LogP contribution >= 0.6 is 0 Å². The van der Waals surface area contributed by atoms with E-state index in [0.717, 1.165) is 56.9 Å². The van der Waals surface area contributed by atoms with E-state index in [0.29, 0.717) is 6.61 Å². The molecule has 1 aliphatic rings. The van der Waals surface area contributed by atoms with Crippen molar-refractivity contribution in [2.75, 3.05) is 13.2 Å². The average Bonchev–Trinajstić information content (AvgIpc) is 2.76. The number of hydrogen-bond acceptors (Lipinski definition) is 2. The van der Waals surface area contributed by atoms with Crippen LogP contribution in [0.3, 0.4) is 0 Å². The molecule has 1 unspecified atom stereocenters. The zero-order valence-electron chi connectivity index (χ0n) is 21.5. The maximum absolute atomic E-state index is 9.16. The van der Waals surface area contributed by atoms with Crippen LogP contribution in [0.5, 0.6) is 0 Å². The molecule has 1 fully saturated rings. The number of aliphatic hydroxyl groups is 1. The van der Waals surface area contributed by atoms with Crippen LogP contribution < -0.4 is 0 Å². The van der Waals surface area contributed by atoms with Gasteiger partial charge in [-0.3, -0.25) is 0 Å². The molecule has 32 heavy (non-hydrogen) atoms. The first-order chi connectivity index (χ1) is 15.3. The monoisotopic (exact) mass is 440 g/mol. The fourth-order valence-corrected chi connectivity index (χ4v) is 3.87. The minimum Gasteiger partial charge on any atom is -0.392 e. The van der Waals surface area contributed by atoms with Crippen LogP contribution in [0.25, 0.3) is 0 Å². The van der Waals surface area contributed by atoms with Gasteiger partial charge < -0.3 is 9.84 Å². The van der Waals surface area contributed by atoms with Gasteiger partial charge in [0, 0.05) is 0 Å². The summed E-state index contributed by atoms with van der Waals surface area (Å²) in [7, 11) is 0. The first-order valence-corrected chi connectivity index (χ1v) is 12.5. The van der Waals surface area contributed by atoms with Crippen LogP contribution in [0.2, 0.25) is 0 Å². The first kappa shape index (κ1) is 28.4. The lowest BCUT2D eigenvalue weighted by Crippen LogP contribution is -2.23. The highest BCUT2D eigenvalue weighted by Crippen LogP contribution is 2.23. The third-order valence-electron chi connectivity index (χ3n) is 6.10. The smallest absolute Gasteiger partial charge is 0.0811 e. The highest BCUT2D eigenvalue weighted by atomic mass is 16.5. The molecule has 0 aromatic carbocycles. The second-order valence-electron chi connectivity index (χ2n) is 9.64. The Kier molecular flexibility index (Phi) is 15.0. The van der Waals surface area contributed by atoms with E-state index in [-0.39, 0.29) is 12.7 Å². The van der Waals surface area contributed by atoms with Crippen LogP contribution in [0.15, 0.2) is 70.4 Å². The number of aliphatic hydroxyl groups excluding tert-OH is 1. The zero-order valence-corrected chi connectivity index (χ0v) is 21.5. The molecular weight excluding hydrogens is 392 g/mol. The third kappa shape index (κ3) is 13.7. The van der Waals surface area contributed by atoms with E-state index in [2.05, 4.69) is 71.6 Å². The van der Waals surface area contributed by atoms with Gasteiger partial charge in [0.1, 0.15) is 0 Å². The van der Waals surface area contributed by atoms with Gasteiger partial charge in [0.2, 0.25) is 0 Å². The maximum atomic E-state index is 9.16. The number of rotatable bonds is 14. The molecule has 0 amide bonds. The van der Waals surface area contributed by atoms with Gasteiger partial charge in [-0.15, -0.1) is 0 Å². The molecule has 0 aromatic heterocycles. The Bertz CT molecular complexity index is 701. The highest BCUT2D eigenvalue weighted by molar-refractivity contribution is 5.13. The standard InChI is InChI=1S/C30H48O2/c1-24(2)12-9-15-27(5)17-10-16-25(3)13-7-8-14-26(4)18-11-19-29-20-21-30(32-23-29)28(6)22-31/h12-14,17,19,30-31H,6-11,15-16,18,20-23H2,1-5H3/b25-13+,26-14+,27-17+,29-19-. The second-order valence-corrected chi connectivity index (χ2v) is 9.64. The summed E-state index contributed by atoms with van der Waals surface area (Å²) in [6.45, 7) is 15.7. The van der Waals surface area contributed by atoms with Crippen molar-refractivity contribution in [3.05, 3.63) is 70.4 Å². The van der Waals surface area contributed by atoms with Gasteiger partial charge in [0.05, 0.1) is 19.3 Å². The zero-order chi connectivity index (χ0) is 23.8. The summed E-state index contributed by atoms with van der Waals surface area (Å²) in [5.41, 5.74) is 8.10. The van der Waals surface area contributed by atoms with Crippen molar-refractivity contribution >= 4 is 0 Å². The van der Waals surface area contributed by atoms with Gasteiger partial charge in [-0.25, -0.2) is 0 Å². The summed E-state index contributed by atoms with van der Waals surface area (Å²) in [5.74, 6) is 0. The fourth-order valence-electron chi connectivity index (χ4n) is 3.87. The van der Waals surface area contributed by atoms with Crippen LogP contribution in [0.1, 0.15) is 98.8 Å². The predicted octanol–water partition coefficient (Wildman–Crippen LogP) is 8.57. The fraction of sp³-hybridized carbons (Fsp3) is 0.600. The molecule has 1 aliphatic heterocycles. The van der Waals surface area contributed by atoms with E-state index in [1.807, 2.05) is 0 Å². The minimum atomic E-state index is 0.0238. The maximum Gasteiger partial charge on any atom is 0.0811 e.